The number of hydrogen-bond donors (Lipinski definition) is 1. The Balaban J connectivity index is 0.00000129. The van der Waals surface area contributed by atoms with Crippen molar-refractivity contribution in [3.8, 4) is 5.75 Å². The first-order chi connectivity index (χ1) is 15.9. The molecule has 0 aromatic heterocycles. The topological polar surface area (TPSA) is 32.6 Å². The molecule has 0 saturated heterocycles. The van der Waals surface area contributed by atoms with Crippen LogP contribution in [0, 0.1) is 6.92 Å². The standard InChI is InChI=1S/C28H34NOP.2ClH.Ti/c1-19-12-11-13-20(18-29-22-14-9-8-10-15-22)26(19)31-24-17-21(27(2,3)4)16-23(25(24)30)28(5,6)7;;;/h8-18,30-31H,1-7H3;2*1H;/q;;;+2/p-2. The average Bonchev–Trinajstić information content (AvgIpc) is 2.75. The number of hydrogen-bond acceptors (Lipinski definition) is 2. The fourth-order valence-corrected chi connectivity index (χ4v) is 4.82. The number of aromatic hydroxyl groups is 1. The van der Waals surface area contributed by atoms with Gasteiger partial charge in [0.15, 0.2) is 0 Å². The maximum absolute atomic E-state index is 11.2. The number of rotatable bonds is 4. The molecule has 0 saturated carbocycles. The number of aryl methyl sites for hydroxylation is 1. The number of para-hydroxylation sites is 1. The molecule has 1 N–H and O–H groups in total. The summed E-state index contributed by atoms with van der Waals surface area (Å²) >= 11 is -0.556. The summed E-state index contributed by atoms with van der Waals surface area (Å²) in [5.74, 6) is 0.424. The summed E-state index contributed by atoms with van der Waals surface area (Å²) in [5.41, 5.74) is 5.39. The van der Waals surface area contributed by atoms with Gasteiger partial charge in [0, 0.05) is 22.6 Å². The van der Waals surface area contributed by atoms with Gasteiger partial charge in [0.05, 0.1) is 5.69 Å². The van der Waals surface area contributed by atoms with Crippen molar-refractivity contribution in [2.75, 3.05) is 0 Å². The molecule has 0 spiro atoms. The average molecular weight is 550 g/mol. The summed E-state index contributed by atoms with van der Waals surface area (Å²) in [4.78, 5) is 4.67. The van der Waals surface area contributed by atoms with Crippen LogP contribution in [0.4, 0.5) is 5.69 Å². The van der Waals surface area contributed by atoms with Gasteiger partial charge in [-0.1, -0.05) is 92.6 Å². The normalized spacial score (nSPS) is 12.1. The quantitative estimate of drug-likeness (QED) is 0.199. The number of benzene rings is 3. The van der Waals surface area contributed by atoms with Gasteiger partial charge in [0.2, 0.25) is 0 Å². The molecule has 3 aromatic rings. The van der Waals surface area contributed by atoms with E-state index in [9.17, 15) is 5.11 Å². The van der Waals surface area contributed by atoms with Crippen molar-refractivity contribution in [1.82, 2.24) is 0 Å². The van der Waals surface area contributed by atoms with E-state index in [0.29, 0.717) is 14.3 Å². The van der Waals surface area contributed by atoms with Gasteiger partial charge in [0.25, 0.3) is 0 Å². The van der Waals surface area contributed by atoms with Crippen LogP contribution in [0.5, 0.6) is 5.75 Å². The molecular weight excluding hydrogens is 516 g/mol. The van der Waals surface area contributed by atoms with Crippen molar-refractivity contribution < 1.29 is 22.1 Å². The van der Waals surface area contributed by atoms with E-state index in [4.69, 9.17) is 18.6 Å². The monoisotopic (exact) mass is 549 g/mol. The Morgan fingerprint density at radius 1 is 0.882 bits per heavy atom. The van der Waals surface area contributed by atoms with E-state index in [1.54, 1.807) is 0 Å². The van der Waals surface area contributed by atoms with Gasteiger partial charge in [-0.15, -0.1) is 0 Å². The van der Waals surface area contributed by atoms with Gasteiger partial charge >= 0.3 is 35.6 Å². The van der Waals surface area contributed by atoms with E-state index >= 15 is 0 Å². The van der Waals surface area contributed by atoms with Crippen LogP contribution in [0.25, 0.3) is 0 Å². The zero-order valence-electron chi connectivity index (χ0n) is 21.0. The Hall–Kier alpha value is -1.15. The van der Waals surface area contributed by atoms with Crippen LogP contribution in [0.3, 0.4) is 0 Å². The Bertz CT molecular complexity index is 1120. The summed E-state index contributed by atoms with van der Waals surface area (Å²) in [5, 5.41) is 13.5. The minimum absolute atomic E-state index is 0.0102. The van der Waals surface area contributed by atoms with Crippen LogP contribution in [0.2, 0.25) is 0 Å². The Kier molecular flexibility index (Phi) is 10.9. The third-order valence-corrected chi connectivity index (χ3v) is 7.04. The molecule has 0 aliphatic heterocycles. The van der Waals surface area contributed by atoms with E-state index in [-0.39, 0.29) is 10.8 Å². The first-order valence-electron chi connectivity index (χ1n) is 11.2. The van der Waals surface area contributed by atoms with Gasteiger partial charge in [-0.25, -0.2) is 0 Å². The predicted molar refractivity (Wildman–Crippen MR) is 150 cm³/mol. The van der Waals surface area contributed by atoms with Crippen LogP contribution in [0.1, 0.15) is 63.8 Å². The summed E-state index contributed by atoms with van der Waals surface area (Å²) in [6, 6.07) is 20.7. The molecule has 2 nitrogen and oxygen atoms in total. The zero-order valence-corrected chi connectivity index (χ0v) is 25.1. The summed E-state index contributed by atoms with van der Waals surface area (Å²) in [7, 11) is 10.1. The molecule has 0 heterocycles. The Morgan fingerprint density at radius 3 is 2.06 bits per heavy atom. The molecule has 1 atom stereocenters. The van der Waals surface area contributed by atoms with Gasteiger partial charge in [-0.2, -0.15) is 0 Å². The molecule has 6 heteroatoms. The summed E-state index contributed by atoms with van der Waals surface area (Å²) < 4.78 is 0. The molecule has 34 heavy (non-hydrogen) atoms. The third kappa shape index (κ3) is 8.22. The van der Waals surface area contributed by atoms with Crippen molar-refractivity contribution in [3.63, 3.8) is 0 Å². The number of halogens is 2. The van der Waals surface area contributed by atoms with Gasteiger partial charge in [-0.3, -0.25) is 4.99 Å². The van der Waals surface area contributed by atoms with Crippen molar-refractivity contribution in [2.45, 2.75) is 59.3 Å². The van der Waals surface area contributed by atoms with Crippen LogP contribution in [-0.2, 0) is 27.9 Å². The third-order valence-electron chi connectivity index (χ3n) is 5.46. The SMILES string of the molecule is Cc1cccc(C=Nc2ccccc2)c1Pc1cc(C(C)(C)C)cc(C(C)(C)C)c1O.[Cl][Ti][Cl]. The van der Waals surface area contributed by atoms with Crippen LogP contribution in [0.15, 0.2) is 65.7 Å². The molecular formula is C28H34Cl2NOPTi. The summed E-state index contributed by atoms with van der Waals surface area (Å²) in [6.07, 6.45) is 1.94. The van der Waals surface area contributed by atoms with Gasteiger partial charge in [0.1, 0.15) is 5.75 Å². The van der Waals surface area contributed by atoms with Gasteiger partial charge in [-0.05, 0) is 52.4 Å². The molecule has 1 unspecified atom stereocenters. The van der Waals surface area contributed by atoms with Crippen molar-refractivity contribution >= 4 is 49.7 Å². The second-order valence-corrected chi connectivity index (χ2v) is 14.1. The number of aliphatic imine (C=N–C) groups is 1. The van der Waals surface area contributed by atoms with Gasteiger partial charge < -0.3 is 5.11 Å². The van der Waals surface area contributed by atoms with Crippen molar-refractivity contribution in [3.05, 3.63) is 82.9 Å². The fraction of sp³-hybridized carbons (Fsp3) is 0.321. The minimum atomic E-state index is -0.556. The first kappa shape index (κ1) is 29.1. The molecule has 0 fully saturated rings. The second kappa shape index (κ2) is 12.7. The molecule has 3 aromatic carbocycles. The molecule has 3 rings (SSSR count). The number of phenols is 1. The Labute approximate surface area is 223 Å². The Morgan fingerprint density at radius 2 is 1.50 bits per heavy atom. The van der Waals surface area contributed by atoms with E-state index < -0.39 is 17.0 Å². The van der Waals surface area contributed by atoms with E-state index in [0.717, 1.165) is 22.1 Å². The van der Waals surface area contributed by atoms with Crippen LogP contribution < -0.4 is 10.6 Å². The molecule has 180 valence electrons. The zero-order chi connectivity index (χ0) is 25.5. The van der Waals surface area contributed by atoms with E-state index in [1.807, 2.05) is 36.5 Å². The van der Waals surface area contributed by atoms with Crippen LogP contribution in [-0.4, -0.2) is 11.3 Å². The van der Waals surface area contributed by atoms with Crippen molar-refractivity contribution in [1.29, 1.82) is 0 Å². The fourth-order valence-electron chi connectivity index (χ4n) is 3.50. The summed E-state index contributed by atoms with van der Waals surface area (Å²) in [6.45, 7) is 15.3. The molecule has 0 aliphatic carbocycles. The maximum atomic E-state index is 11.2. The first-order valence-corrected chi connectivity index (χ1v) is 16.5. The van der Waals surface area contributed by atoms with E-state index in [2.05, 4.69) is 83.8 Å². The van der Waals surface area contributed by atoms with Crippen molar-refractivity contribution in [2.24, 2.45) is 4.99 Å². The van der Waals surface area contributed by atoms with E-state index in [1.165, 1.54) is 16.4 Å². The molecule has 0 amide bonds. The number of phenolic OH excluding ortho intramolecular Hbond substituents is 1. The molecule has 0 bridgehead atoms. The second-order valence-electron chi connectivity index (χ2n) is 10.2. The predicted octanol–water partition coefficient (Wildman–Crippen LogP) is 8.05. The molecule has 0 aliphatic rings. The number of nitrogens with zero attached hydrogens (tertiary/aromatic N) is 1. The van der Waals surface area contributed by atoms with Crippen LogP contribution >= 0.6 is 27.2 Å². The molecule has 0 radical (unpaired) electrons.